The van der Waals surface area contributed by atoms with Gasteiger partial charge in [-0.25, -0.2) is 4.99 Å². The summed E-state index contributed by atoms with van der Waals surface area (Å²) in [7, 11) is 0. The first-order valence-corrected chi connectivity index (χ1v) is 9.32. The van der Waals surface area contributed by atoms with Crippen LogP contribution in [-0.2, 0) is 6.42 Å². The van der Waals surface area contributed by atoms with E-state index in [2.05, 4.69) is 60.1 Å². The lowest BCUT2D eigenvalue weighted by Crippen LogP contribution is -2.21. The molecule has 130 valence electrons. The molecule has 2 aliphatic heterocycles. The van der Waals surface area contributed by atoms with E-state index in [1.807, 2.05) is 6.07 Å². The Labute approximate surface area is 152 Å². The van der Waals surface area contributed by atoms with Crippen molar-refractivity contribution < 1.29 is 4.74 Å². The molecule has 3 aromatic rings. The summed E-state index contributed by atoms with van der Waals surface area (Å²) >= 11 is 0. The normalized spacial score (nSPS) is 13.9. The lowest BCUT2D eigenvalue weighted by molar-refractivity contribution is 0.474. The predicted octanol–water partition coefficient (Wildman–Crippen LogP) is 3.92. The molecule has 0 fully saturated rings. The highest BCUT2D eigenvalue weighted by Crippen LogP contribution is 2.41. The average molecular weight is 343 g/mol. The van der Waals surface area contributed by atoms with Gasteiger partial charge in [0.2, 0.25) is 0 Å². The predicted molar refractivity (Wildman–Crippen MR) is 105 cm³/mol. The Bertz CT molecular complexity index is 1150. The van der Waals surface area contributed by atoms with Crippen molar-refractivity contribution in [2.75, 3.05) is 24.5 Å². The molecule has 4 heteroatoms. The van der Waals surface area contributed by atoms with Crippen molar-refractivity contribution in [1.29, 1.82) is 0 Å². The van der Waals surface area contributed by atoms with Gasteiger partial charge in [0.15, 0.2) is 11.5 Å². The molecule has 26 heavy (non-hydrogen) atoms. The second-order valence-electron chi connectivity index (χ2n) is 6.79. The third-order valence-corrected chi connectivity index (χ3v) is 5.34. The standard InChI is InChI=1S/C22H21N3O/c1-3-25(4-2)16-6-7-17-14(11-16)5-8-18-22(17)26-21-13-19-15(9-10-23-19)12-20(21)24-18/h5-8,11-13H,3-4,9-10H2,1-2H3. The van der Waals surface area contributed by atoms with Crippen LogP contribution in [0.25, 0.3) is 10.8 Å². The van der Waals surface area contributed by atoms with Crippen LogP contribution in [0.4, 0.5) is 11.4 Å². The highest BCUT2D eigenvalue weighted by atomic mass is 16.5. The molecule has 0 saturated heterocycles. The maximum absolute atomic E-state index is 6.30. The molecule has 0 radical (unpaired) electrons. The summed E-state index contributed by atoms with van der Waals surface area (Å²) in [5.74, 6) is 1.65. The minimum Gasteiger partial charge on any atom is -0.452 e. The molecule has 0 unspecified atom stereocenters. The highest BCUT2D eigenvalue weighted by molar-refractivity contribution is 5.95. The molecule has 4 nitrogen and oxygen atoms in total. The van der Waals surface area contributed by atoms with Crippen molar-refractivity contribution in [2.45, 2.75) is 20.3 Å². The number of hydrogen-bond donors (Lipinski definition) is 0. The van der Waals surface area contributed by atoms with Crippen LogP contribution in [0.1, 0.15) is 19.4 Å². The SMILES string of the molecule is CCN(CC)c1ccc2c3c(ccc2c1)N=c1cc2c(cc1O3)=NCC2. The third kappa shape index (κ3) is 2.29. The molecule has 0 aliphatic carbocycles. The smallest absolute Gasteiger partial charge is 0.160 e. The maximum atomic E-state index is 6.30. The number of ether oxygens (including phenoxy) is 1. The summed E-state index contributed by atoms with van der Waals surface area (Å²) in [6.07, 6.45) is 0.997. The molecule has 2 heterocycles. The average Bonchev–Trinajstić information content (AvgIpc) is 3.12. The van der Waals surface area contributed by atoms with Gasteiger partial charge in [0.25, 0.3) is 0 Å². The molecule has 0 bridgehead atoms. The molecule has 0 spiro atoms. The van der Waals surface area contributed by atoms with Crippen LogP contribution < -0.4 is 20.4 Å². The largest absolute Gasteiger partial charge is 0.452 e. The maximum Gasteiger partial charge on any atom is 0.160 e. The zero-order valence-electron chi connectivity index (χ0n) is 15.1. The molecule has 5 rings (SSSR count). The van der Waals surface area contributed by atoms with Crippen molar-refractivity contribution in [3.05, 3.63) is 58.7 Å². The first kappa shape index (κ1) is 15.4. The van der Waals surface area contributed by atoms with Crippen molar-refractivity contribution >= 4 is 22.1 Å². The zero-order valence-corrected chi connectivity index (χ0v) is 15.1. The van der Waals surface area contributed by atoms with Gasteiger partial charge in [-0.1, -0.05) is 6.07 Å². The Morgan fingerprint density at radius 2 is 1.88 bits per heavy atom. The Balaban J connectivity index is 1.67. The fraction of sp³-hybridized carbons (Fsp3) is 0.273. The van der Waals surface area contributed by atoms with Gasteiger partial charge in [-0.3, -0.25) is 4.99 Å². The molecule has 2 aliphatic rings. The third-order valence-electron chi connectivity index (χ3n) is 5.34. The van der Waals surface area contributed by atoms with Crippen LogP contribution in [0.15, 0.2) is 52.4 Å². The number of rotatable bonds is 3. The van der Waals surface area contributed by atoms with Crippen LogP contribution in [0.2, 0.25) is 0 Å². The molecular formula is C22H21N3O. The van der Waals surface area contributed by atoms with Crippen LogP contribution in [0.3, 0.4) is 0 Å². The van der Waals surface area contributed by atoms with E-state index in [-0.39, 0.29) is 0 Å². The molecule has 0 saturated carbocycles. The molecule has 3 aromatic carbocycles. The first-order chi connectivity index (χ1) is 12.8. The second kappa shape index (κ2) is 5.84. The second-order valence-corrected chi connectivity index (χ2v) is 6.79. The number of fused-ring (bicyclic) bond motifs is 5. The molecular weight excluding hydrogens is 322 g/mol. The molecule has 0 N–H and O–H groups in total. The van der Waals surface area contributed by atoms with Crippen LogP contribution in [-0.4, -0.2) is 19.6 Å². The molecule has 0 amide bonds. The van der Waals surface area contributed by atoms with E-state index in [1.165, 1.54) is 16.6 Å². The van der Waals surface area contributed by atoms with Gasteiger partial charge in [-0.15, -0.1) is 0 Å². The van der Waals surface area contributed by atoms with Crippen LogP contribution in [0, 0.1) is 0 Å². The first-order valence-electron chi connectivity index (χ1n) is 9.32. The summed E-state index contributed by atoms with van der Waals surface area (Å²) in [6.45, 7) is 7.23. The number of anilines is 1. The summed E-state index contributed by atoms with van der Waals surface area (Å²) in [4.78, 5) is 11.7. The Morgan fingerprint density at radius 3 is 2.73 bits per heavy atom. The van der Waals surface area contributed by atoms with E-state index in [9.17, 15) is 0 Å². The summed E-state index contributed by atoms with van der Waals surface area (Å²) in [5.41, 5.74) is 3.41. The Kier molecular flexibility index (Phi) is 3.45. The fourth-order valence-electron chi connectivity index (χ4n) is 3.91. The summed E-state index contributed by atoms with van der Waals surface area (Å²) in [5, 5.41) is 4.24. The number of nitrogens with zero attached hydrogens (tertiary/aromatic N) is 3. The number of benzene rings is 3. The summed E-state index contributed by atoms with van der Waals surface area (Å²) in [6, 6.07) is 14.9. The van der Waals surface area contributed by atoms with Crippen molar-refractivity contribution in [3.63, 3.8) is 0 Å². The Morgan fingerprint density at radius 1 is 1.00 bits per heavy atom. The minimum absolute atomic E-state index is 0.808. The van der Waals surface area contributed by atoms with Gasteiger partial charge in [0, 0.05) is 36.8 Å². The van der Waals surface area contributed by atoms with E-state index < -0.39 is 0 Å². The van der Waals surface area contributed by atoms with Gasteiger partial charge in [0.05, 0.1) is 5.36 Å². The van der Waals surface area contributed by atoms with Crippen molar-refractivity contribution in [2.24, 2.45) is 9.98 Å². The topological polar surface area (TPSA) is 37.2 Å². The van der Waals surface area contributed by atoms with Crippen LogP contribution in [0.5, 0.6) is 11.5 Å². The summed E-state index contributed by atoms with van der Waals surface area (Å²) < 4.78 is 6.30. The van der Waals surface area contributed by atoms with E-state index >= 15 is 0 Å². The van der Waals surface area contributed by atoms with E-state index in [4.69, 9.17) is 9.73 Å². The van der Waals surface area contributed by atoms with Crippen LogP contribution >= 0.6 is 0 Å². The van der Waals surface area contributed by atoms with E-state index in [0.717, 1.165) is 59.3 Å². The van der Waals surface area contributed by atoms with Gasteiger partial charge >= 0.3 is 0 Å². The van der Waals surface area contributed by atoms with Gasteiger partial charge in [0.1, 0.15) is 11.0 Å². The van der Waals surface area contributed by atoms with E-state index in [0.29, 0.717) is 0 Å². The highest BCUT2D eigenvalue weighted by Gasteiger charge is 2.18. The van der Waals surface area contributed by atoms with E-state index in [1.54, 1.807) is 0 Å². The zero-order chi connectivity index (χ0) is 17.7. The van der Waals surface area contributed by atoms with Gasteiger partial charge in [-0.05, 0) is 61.5 Å². The van der Waals surface area contributed by atoms with Crippen molar-refractivity contribution in [3.8, 4) is 11.5 Å². The Hall–Kier alpha value is -2.88. The lowest BCUT2D eigenvalue weighted by atomic mass is 10.1. The van der Waals surface area contributed by atoms with Crippen molar-refractivity contribution in [1.82, 2.24) is 0 Å². The minimum atomic E-state index is 0.808. The lowest BCUT2D eigenvalue weighted by Gasteiger charge is -2.22. The number of hydrogen-bond acceptors (Lipinski definition) is 4. The quantitative estimate of drug-likeness (QED) is 0.565. The van der Waals surface area contributed by atoms with Gasteiger partial charge in [-0.2, -0.15) is 0 Å². The molecule has 0 aromatic heterocycles. The van der Waals surface area contributed by atoms with Gasteiger partial charge < -0.3 is 9.64 Å². The monoisotopic (exact) mass is 343 g/mol. The fourth-order valence-corrected chi connectivity index (χ4v) is 3.91. The molecule has 0 atom stereocenters.